The number of carbonyl (C=O) groups is 1. The number of pyridine rings is 1. The van der Waals surface area contributed by atoms with Crippen molar-refractivity contribution < 1.29 is 9.18 Å². The number of nitrogens with zero attached hydrogens (tertiary/aromatic N) is 4. The lowest BCUT2D eigenvalue weighted by Gasteiger charge is -2.17. The Morgan fingerprint density at radius 3 is 2.96 bits per heavy atom. The number of hydrogen-bond donors (Lipinski definition) is 0. The second-order valence-corrected chi connectivity index (χ2v) is 7.01. The molecular formula is C20H21FN4O. The van der Waals surface area contributed by atoms with Crippen molar-refractivity contribution in [2.75, 3.05) is 13.1 Å². The van der Waals surface area contributed by atoms with Gasteiger partial charge in [0.25, 0.3) is 5.91 Å². The van der Waals surface area contributed by atoms with E-state index in [-0.39, 0.29) is 11.7 Å². The highest BCUT2D eigenvalue weighted by Gasteiger charge is 2.28. The van der Waals surface area contributed by atoms with Crippen LogP contribution in [0.3, 0.4) is 0 Å². The Kier molecular flexibility index (Phi) is 4.18. The van der Waals surface area contributed by atoms with Crippen molar-refractivity contribution in [1.82, 2.24) is 19.4 Å². The van der Waals surface area contributed by atoms with E-state index in [4.69, 9.17) is 0 Å². The molecular weight excluding hydrogens is 331 g/mol. The summed E-state index contributed by atoms with van der Waals surface area (Å²) in [6, 6.07) is 8.54. The van der Waals surface area contributed by atoms with E-state index >= 15 is 0 Å². The molecule has 0 aliphatic carbocycles. The minimum atomic E-state index is -0.334. The monoisotopic (exact) mass is 352 g/mol. The van der Waals surface area contributed by atoms with Gasteiger partial charge in [0.1, 0.15) is 17.2 Å². The second-order valence-electron chi connectivity index (χ2n) is 7.01. The summed E-state index contributed by atoms with van der Waals surface area (Å²) in [6.45, 7) is 3.06. The lowest BCUT2D eigenvalue weighted by molar-refractivity contribution is 0.0786. The van der Waals surface area contributed by atoms with Crippen LogP contribution in [0.2, 0.25) is 0 Å². The van der Waals surface area contributed by atoms with E-state index in [0.717, 1.165) is 29.8 Å². The fourth-order valence-electron chi connectivity index (χ4n) is 3.60. The zero-order valence-corrected chi connectivity index (χ0v) is 14.9. The third-order valence-electron chi connectivity index (χ3n) is 5.18. The van der Waals surface area contributed by atoms with Gasteiger partial charge in [-0.1, -0.05) is 6.07 Å². The molecule has 26 heavy (non-hydrogen) atoms. The van der Waals surface area contributed by atoms with Crippen LogP contribution < -0.4 is 0 Å². The predicted molar refractivity (Wildman–Crippen MR) is 97.4 cm³/mol. The van der Waals surface area contributed by atoms with Gasteiger partial charge in [0.05, 0.1) is 0 Å². The first-order valence-electron chi connectivity index (χ1n) is 8.84. The molecule has 5 nitrogen and oxygen atoms in total. The Bertz CT molecular complexity index is 981. The van der Waals surface area contributed by atoms with Gasteiger partial charge in [-0.15, -0.1) is 0 Å². The van der Waals surface area contributed by atoms with Crippen LogP contribution in [-0.4, -0.2) is 38.4 Å². The minimum Gasteiger partial charge on any atom is -0.338 e. The normalized spacial score (nSPS) is 17.2. The number of aromatic nitrogens is 3. The number of carbonyl (C=O) groups excluding carboxylic acids is 1. The number of rotatable bonds is 3. The summed E-state index contributed by atoms with van der Waals surface area (Å²) < 4.78 is 15.8. The molecule has 0 saturated carbocycles. The van der Waals surface area contributed by atoms with E-state index in [1.165, 1.54) is 6.07 Å². The number of benzene rings is 1. The van der Waals surface area contributed by atoms with Crippen LogP contribution in [0.1, 0.15) is 28.2 Å². The third kappa shape index (κ3) is 2.96. The van der Waals surface area contributed by atoms with Crippen molar-refractivity contribution in [3.63, 3.8) is 0 Å². The molecule has 1 unspecified atom stereocenters. The van der Waals surface area contributed by atoms with Gasteiger partial charge in [-0.25, -0.2) is 14.4 Å². The number of aryl methyl sites for hydroxylation is 2. The number of imidazole rings is 1. The molecule has 2 aromatic heterocycles. The maximum Gasteiger partial charge on any atom is 0.253 e. The first kappa shape index (κ1) is 16.7. The summed E-state index contributed by atoms with van der Waals surface area (Å²) in [5.41, 5.74) is 2.74. The fourth-order valence-corrected chi connectivity index (χ4v) is 3.60. The molecule has 0 N–H and O–H groups in total. The Morgan fingerprint density at radius 1 is 1.35 bits per heavy atom. The van der Waals surface area contributed by atoms with Crippen molar-refractivity contribution in [1.29, 1.82) is 0 Å². The van der Waals surface area contributed by atoms with Gasteiger partial charge >= 0.3 is 0 Å². The van der Waals surface area contributed by atoms with Gasteiger partial charge in [0, 0.05) is 38.3 Å². The zero-order chi connectivity index (χ0) is 18.3. The summed E-state index contributed by atoms with van der Waals surface area (Å²) in [6.07, 6.45) is 3.50. The molecule has 3 heterocycles. The standard InChI is InChI=1S/C20H21FN4O/c1-13-5-6-15(11-16(13)21)20(26)25-9-7-14(12-25)10-18-23-17-4-3-8-22-19(17)24(18)2/h3-6,8,11,14H,7,9-10,12H2,1-2H3. The Labute approximate surface area is 151 Å². The van der Waals surface area contributed by atoms with Crippen LogP contribution in [0.5, 0.6) is 0 Å². The highest BCUT2D eigenvalue weighted by atomic mass is 19.1. The molecule has 4 rings (SSSR count). The van der Waals surface area contributed by atoms with Gasteiger partial charge < -0.3 is 9.47 Å². The van der Waals surface area contributed by atoms with Gasteiger partial charge in [0.2, 0.25) is 0 Å². The molecule has 0 spiro atoms. The van der Waals surface area contributed by atoms with E-state index < -0.39 is 0 Å². The highest BCUT2D eigenvalue weighted by Crippen LogP contribution is 2.24. The maximum atomic E-state index is 13.7. The molecule has 1 saturated heterocycles. The number of amides is 1. The molecule has 3 aromatic rings. The van der Waals surface area contributed by atoms with E-state index in [9.17, 15) is 9.18 Å². The molecule has 1 aromatic carbocycles. The molecule has 0 radical (unpaired) electrons. The first-order valence-corrected chi connectivity index (χ1v) is 8.84. The largest absolute Gasteiger partial charge is 0.338 e. The highest BCUT2D eigenvalue weighted by molar-refractivity contribution is 5.94. The van der Waals surface area contributed by atoms with Gasteiger partial charge in [0.15, 0.2) is 5.65 Å². The Morgan fingerprint density at radius 2 is 2.19 bits per heavy atom. The lowest BCUT2D eigenvalue weighted by atomic mass is 10.0. The molecule has 1 amide bonds. The number of hydrogen-bond acceptors (Lipinski definition) is 3. The summed E-state index contributed by atoms with van der Waals surface area (Å²) in [5.74, 6) is 0.904. The van der Waals surface area contributed by atoms with E-state index in [2.05, 4.69) is 9.97 Å². The maximum absolute atomic E-state index is 13.7. The zero-order valence-electron chi connectivity index (χ0n) is 14.9. The fraction of sp³-hybridized carbons (Fsp3) is 0.350. The molecule has 0 bridgehead atoms. The number of fused-ring (bicyclic) bond motifs is 1. The predicted octanol–water partition coefficient (Wildman–Crippen LogP) is 3.12. The smallest absolute Gasteiger partial charge is 0.253 e. The summed E-state index contributed by atoms with van der Waals surface area (Å²) >= 11 is 0. The summed E-state index contributed by atoms with van der Waals surface area (Å²) in [4.78, 5) is 23.5. The molecule has 134 valence electrons. The molecule has 1 aliphatic heterocycles. The number of halogens is 1. The van der Waals surface area contributed by atoms with Crippen molar-refractivity contribution in [3.8, 4) is 0 Å². The van der Waals surface area contributed by atoms with Crippen molar-refractivity contribution >= 4 is 17.1 Å². The Balaban J connectivity index is 1.47. The van der Waals surface area contributed by atoms with Crippen LogP contribution in [0.15, 0.2) is 36.5 Å². The van der Waals surface area contributed by atoms with Crippen molar-refractivity contribution in [2.24, 2.45) is 13.0 Å². The van der Waals surface area contributed by atoms with Crippen molar-refractivity contribution in [3.05, 3.63) is 59.3 Å². The van der Waals surface area contributed by atoms with E-state index in [1.807, 2.05) is 28.6 Å². The quantitative estimate of drug-likeness (QED) is 0.728. The van der Waals surface area contributed by atoms with E-state index in [0.29, 0.717) is 30.1 Å². The Hall–Kier alpha value is -2.76. The average molecular weight is 352 g/mol. The van der Waals surface area contributed by atoms with Crippen molar-refractivity contribution in [2.45, 2.75) is 19.8 Å². The molecule has 1 atom stereocenters. The van der Waals surface area contributed by atoms with Gasteiger partial charge in [-0.3, -0.25) is 4.79 Å². The van der Waals surface area contributed by atoms with Crippen LogP contribution in [0.25, 0.3) is 11.2 Å². The number of likely N-dealkylation sites (tertiary alicyclic amines) is 1. The third-order valence-corrected chi connectivity index (χ3v) is 5.18. The summed E-state index contributed by atoms with van der Waals surface area (Å²) in [5, 5.41) is 0. The first-order chi connectivity index (χ1) is 12.5. The van der Waals surface area contributed by atoms with Gasteiger partial charge in [-0.05, 0) is 49.1 Å². The second kappa shape index (κ2) is 6.52. The summed E-state index contributed by atoms with van der Waals surface area (Å²) in [7, 11) is 1.98. The lowest BCUT2D eigenvalue weighted by Crippen LogP contribution is -2.29. The van der Waals surface area contributed by atoms with Crippen LogP contribution in [0.4, 0.5) is 4.39 Å². The molecule has 1 aliphatic rings. The molecule has 6 heteroatoms. The minimum absolute atomic E-state index is 0.0990. The molecule has 1 fully saturated rings. The topological polar surface area (TPSA) is 51.0 Å². The van der Waals surface area contributed by atoms with Gasteiger partial charge in [-0.2, -0.15) is 0 Å². The van der Waals surface area contributed by atoms with E-state index in [1.54, 1.807) is 25.3 Å². The SMILES string of the molecule is Cc1ccc(C(=O)N2CCC(Cc3nc4cccnc4n3C)C2)cc1F. The average Bonchev–Trinajstić information content (AvgIpc) is 3.23. The van der Waals surface area contributed by atoms with Crippen LogP contribution in [0, 0.1) is 18.7 Å². The van der Waals surface area contributed by atoms with Crippen LogP contribution >= 0.6 is 0 Å². The van der Waals surface area contributed by atoms with Crippen LogP contribution in [-0.2, 0) is 13.5 Å².